The van der Waals surface area contributed by atoms with Crippen LogP contribution in [0.3, 0.4) is 0 Å². The molecule has 0 radical (unpaired) electrons. The number of hydrogen-bond acceptors (Lipinski definition) is 8. The zero-order valence-electron chi connectivity index (χ0n) is 15.8. The minimum Gasteiger partial charge on any atom is -0.383 e. The Hall–Kier alpha value is -2.37. The molecule has 5 N–H and O–H groups in total. The van der Waals surface area contributed by atoms with Gasteiger partial charge in [-0.05, 0) is 25.3 Å². The number of hydrogen-bond donors (Lipinski definition) is 3. The maximum atomic E-state index is 13.1. The second kappa shape index (κ2) is 6.31. The van der Waals surface area contributed by atoms with Crippen molar-refractivity contribution in [3.05, 3.63) is 41.5 Å². The summed E-state index contributed by atoms with van der Waals surface area (Å²) in [5.74, 6) is 0.227. The molecule has 0 amide bonds. The van der Waals surface area contributed by atoms with Crippen LogP contribution in [0.1, 0.15) is 44.2 Å². The number of nitrogens with one attached hydrogen (secondary N) is 1. The van der Waals surface area contributed by atoms with Gasteiger partial charge in [-0.3, -0.25) is 0 Å². The van der Waals surface area contributed by atoms with E-state index in [2.05, 4.69) is 19.1 Å². The van der Waals surface area contributed by atoms with Crippen molar-refractivity contribution in [3.8, 4) is 0 Å². The van der Waals surface area contributed by atoms with Crippen LogP contribution in [-0.4, -0.2) is 28.7 Å². The quantitative estimate of drug-likeness (QED) is 0.632. The predicted molar refractivity (Wildman–Crippen MR) is 114 cm³/mol. The highest BCUT2D eigenvalue weighted by Gasteiger charge is 2.53. The third-order valence-corrected chi connectivity index (χ3v) is 8.06. The van der Waals surface area contributed by atoms with Gasteiger partial charge in [0.15, 0.2) is 4.75 Å². The molecule has 0 saturated heterocycles. The summed E-state index contributed by atoms with van der Waals surface area (Å²) in [6, 6.07) is 0.236. The van der Waals surface area contributed by atoms with Crippen LogP contribution < -0.4 is 15.6 Å². The lowest BCUT2D eigenvalue weighted by Gasteiger charge is -2.31. The third kappa shape index (κ3) is 2.50. The zero-order chi connectivity index (χ0) is 20.4. The number of anilines is 1. The smallest absolute Gasteiger partial charge is 0.228 e. The number of allylic oxidation sites excluding steroid dienone is 3. The largest absolute Gasteiger partial charge is 0.383 e. The number of nitrogen functional groups attached to an aromatic ring is 1. The lowest BCUT2D eigenvalue weighted by atomic mass is 9.85. The minimum atomic E-state index is -4.17. The van der Waals surface area contributed by atoms with Crippen LogP contribution in [0.25, 0.3) is 11.0 Å². The van der Waals surface area contributed by atoms with Gasteiger partial charge in [-0.1, -0.05) is 25.0 Å². The minimum absolute atomic E-state index is 0.227. The fraction of sp³-hybridized carbons (Fsp3) is 0.389. The fourth-order valence-electron chi connectivity index (χ4n) is 4.58. The Kier molecular flexibility index (Phi) is 4.06. The first-order valence-electron chi connectivity index (χ1n) is 9.39. The molecule has 3 aliphatic rings. The Balaban J connectivity index is 1.87. The monoisotopic (exact) mass is 431 g/mol. The van der Waals surface area contributed by atoms with E-state index in [0.29, 0.717) is 28.0 Å². The molecule has 2 aromatic rings. The molecule has 5 rings (SSSR count). The SMILES string of the molecule is CC1=C2NSN=C2C(c2cn(C3CCCC3)c3ncnc(N)c23)(S(N)(=O)=O)C=C1. The van der Waals surface area contributed by atoms with Gasteiger partial charge in [0.25, 0.3) is 0 Å². The highest BCUT2D eigenvalue weighted by molar-refractivity contribution is 7.97. The molecule has 29 heavy (non-hydrogen) atoms. The molecule has 152 valence electrons. The highest BCUT2D eigenvalue weighted by atomic mass is 32.2. The molecule has 3 heterocycles. The van der Waals surface area contributed by atoms with Crippen molar-refractivity contribution >= 4 is 44.7 Å². The molecule has 1 aliphatic heterocycles. The fourth-order valence-corrected chi connectivity index (χ4v) is 6.50. The summed E-state index contributed by atoms with van der Waals surface area (Å²) in [6.07, 6.45) is 10.9. The van der Waals surface area contributed by atoms with Gasteiger partial charge in [-0.15, -0.1) is 0 Å². The van der Waals surface area contributed by atoms with E-state index >= 15 is 0 Å². The van der Waals surface area contributed by atoms with Crippen LogP contribution >= 0.6 is 12.1 Å². The Bertz CT molecular complexity index is 1220. The predicted octanol–water partition coefficient (Wildman–Crippen LogP) is 2.06. The second-order valence-electron chi connectivity index (χ2n) is 7.65. The average Bonchev–Trinajstić information content (AvgIpc) is 3.41. The van der Waals surface area contributed by atoms with E-state index in [-0.39, 0.29) is 11.9 Å². The summed E-state index contributed by atoms with van der Waals surface area (Å²) in [5, 5.41) is 6.38. The summed E-state index contributed by atoms with van der Waals surface area (Å²) in [7, 11) is -4.17. The Morgan fingerprint density at radius 1 is 1.31 bits per heavy atom. The van der Waals surface area contributed by atoms with Crippen LogP contribution in [0.2, 0.25) is 0 Å². The molecule has 0 aromatic carbocycles. The van der Waals surface area contributed by atoms with Gasteiger partial charge >= 0.3 is 0 Å². The number of sulfonamides is 1. The molecular formula is C18H21N7O2S2. The first kappa shape index (κ1) is 18.6. The normalized spacial score (nSPS) is 24.8. The number of nitrogens with zero attached hydrogens (tertiary/aromatic N) is 4. The van der Waals surface area contributed by atoms with Crippen molar-refractivity contribution in [2.45, 2.75) is 43.4 Å². The molecule has 1 atom stereocenters. The summed E-state index contributed by atoms with van der Waals surface area (Å²) >= 11 is 1.09. The Labute approximate surface area is 172 Å². The third-order valence-electron chi connectivity index (χ3n) is 6.04. The maximum Gasteiger partial charge on any atom is 0.228 e. The molecule has 2 aromatic heterocycles. The van der Waals surface area contributed by atoms with Gasteiger partial charge < -0.3 is 15.0 Å². The standard InChI is InChI=1S/C18H21N7O2S2/c1-10-6-7-18(29(20,26)27,15-14(10)23-28-24-15)12-8-25(11-4-2-3-5-11)17-13(12)16(19)21-9-22-17/h6-9,11,23H,2-5H2,1H3,(H2,19,21,22)(H2,20,26,27). The van der Waals surface area contributed by atoms with Crippen LogP contribution in [-0.2, 0) is 14.8 Å². The Morgan fingerprint density at radius 3 is 2.79 bits per heavy atom. The van der Waals surface area contributed by atoms with Gasteiger partial charge in [0.2, 0.25) is 10.0 Å². The van der Waals surface area contributed by atoms with Gasteiger partial charge in [-0.2, -0.15) is 4.40 Å². The van der Waals surface area contributed by atoms with E-state index in [1.165, 1.54) is 6.33 Å². The molecule has 1 fully saturated rings. The van der Waals surface area contributed by atoms with Crippen molar-refractivity contribution in [1.29, 1.82) is 0 Å². The summed E-state index contributed by atoms with van der Waals surface area (Å²) in [5.41, 5.74) is 9.22. The summed E-state index contributed by atoms with van der Waals surface area (Å²) in [4.78, 5) is 8.59. The van der Waals surface area contributed by atoms with E-state index in [1.54, 1.807) is 12.2 Å². The van der Waals surface area contributed by atoms with Crippen molar-refractivity contribution in [1.82, 2.24) is 19.3 Å². The first-order chi connectivity index (χ1) is 13.8. The number of fused-ring (bicyclic) bond motifs is 2. The van der Waals surface area contributed by atoms with E-state index in [4.69, 9.17) is 10.9 Å². The molecule has 0 spiro atoms. The van der Waals surface area contributed by atoms with Crippen LogP contribution in [0, 0.1) is 0 Å². The van der Waals surface area contributed by atoms with Crippen LogP contribution in [0.5, 0.6) is 0 Å². The average molecular weight is 432 g/mol. The van der Waals surface area contributed by atoms with Crippen molar-refractivity contribution in [2.75, 3.05) is 5.73 Å². The molecule has 11 heteroatoms. The van der Waals surface area contributed by atoms with Crippen molar-refractivity contribution in [2.24, 2.45) is 9.54 Å². The van der Waals surface area contributed by atoms with E-state index in [9.17, 15) is 8.42 Å². The number of nitrogens with two attached hydrogens (primary N) is 2. The van der Waals surface area contributed by atoms with Crippen molar-refractivity contribution in [3.63, 3.8) is 0 Å². The lowest BCUT2D eigenvalue weighted by molar-refractivity contribution is 0.530. The van der Waals surface area contributed by atoms with Gasteiger partial charge in [-0.25, -0.2) is 23.5 Å². The van der Waals surface area contributed by atoms with Crippen LogP contribution in [0.15, 0.2) is 40.3 Å². The second-order valence-corrected chi connectivity index (χ2v) is 9.95. The van der Waals surface area contributed by atoms with Gasteiger partial charge in [0, 0.05) is 17.8 Å². The lowest BCUT2D eigenvalue weighted by Crippen LogP contribution is -2.48. The number of aromatic nitrogens is 3. The Morgan fingerprint density at radius 2 is 2.07 bits per heavy atom. The number of rotatable bonds is 3. The molecule has 1 unspecified atom stereocenters. The van der Waals surface area contributed by atoms with E-state index in [0.717, 1.165) is 43.4 Å². The van der Waals surface area contributed by atoms with E-state index < -0.39 is 14.8 Å². The van der Waals surface area contributed by atoms with E-state index in [1.807, 2.05) is 17.7 Å². The molecule has 0 bridgehead atoms. The molecule has 1 saturated carbocycles. The number of primary sulfonamides is 1. The molecular weight excluding hydrogens is 410 g/mol. The summed E-state index contributed by atoms with van der Waals surface area (Å²) < 4.78 is 34.1. The molecule has 2 aliphatic carbocycles. The van der Waals surface area contributed by atoms with Gasteiger partial charge in [0.1, 0.15) is 23.5 Å². The topological polar surface area (TPSA) is 141 Å². The highest BCUT2D eigenvalue weighted by Crippen LogP contribution is 2.46. The van der Waals surface area contributed by atoms with Gasteiger partial charge in [0.05, 0.1) is 23.2 Å². The first-order valence-corrected chi connectivity index (χ1v) is 11.7. The maximum absolute atomic E-state index is 13.1. The van der Waals surface area contributed by atoms with Crippen LogP contribution in [0.4, 0.5) is 5.82 Å². The molecule has 9 nitrogen and oxygen atoms in total. The zero-order valence-corrected chi connectivity index (χ0v) is 17.4. The van der Waals surface area contributed by atoms with Crippen molar-refractivity contribution < 1.29 is 8.42 Å². The summed E-state index contributed by atoms with van der Waals surface area (Å²) in [6.45, 7) is 1.90.